The fourth-order valence-corrected chi connectivity index (χ4v) is 1.16. The SMILES string of the molecule is CCCCC(F)(F)C(F)(F)C(F)(F)C(C)(C)F.[Cu]. The van der Waals surface area contributed by atoms with Gasteiger partial charge in [0.1, 0.15) is 0 Å². The van der Waals surface area contributed by atoms with Crippen molar-refractivity contribution in [2.45, 2.75) is 63.5 Å². The Bertz CT molecular complexity index is 257. The van der Waals surface area contributed by atoms with Gasteiger partial charge in [0.05, 0.1) is 0 Å². The van der Waals surface area contributed by atoms with Gasteiger partial charge in [-0.05, 0) is 20.3 Å². The summed E-state index contributed by atoms with van der Waals surface area (Å²) in [5.74, 6) is -16.1. The Morgan fingerprint density at radius 3 is 1.44 bits per heavy atom. The summed E-state index contributed by atoms with van der Waals surface area (Å²) in [5.41, 5.74) is -3.73. The Morgan fingerprint density at radius 1 is 0.778 bits per heavy atom. The van der Waals surface area contributed by atoms with Crippen LogP contribution in [0.15, 0.2) is 0 Å². The molecule has 0 N–H and O–H groups in total. The molecule has 0 rings (SSSR count). The molecule has 0 unspecified atom stereocenters. The van der Waals surface area contributed by atoms with E-state index < -0.39 is 29.9 Å². The van der Waals surface area contributed by atoms with Crippen molar-refractivity contribution in [1.29, 1.82) is 0 Å². The van der Waals surface area contributed by atoms with Crippen molar-refractivity contribution < 1.29 is 47.8 Å². The van der Waals surface area contributed by atoms with Crippen molar-refractivity contribution in [1.82, 2.24) is 0 Å². The molecule has 0 atom stereocenters. The summed E-state index contributed by atoms with van der Waals surface area (Å²) in [6, 6.07) is 0. The number of hydrogen-bond donors (Lipinski definition) is 0. The summed E-state index contributed by atoms with van der Waals surface area (Å²) in [4.78, 5) is 0. The summed E-state index contributed by atoms with van der Waals surface area (Å²) in [6.07, 6.45) is -1.59. The van der Waals surface area contributed by atoms with Gasteiger partial charge in [0, 0.05) is 23.5 Å². The van der Waals surface area contributed by atoms with Crippen molar-refractivity contribution in [3.05, 3.63) is 0 Å². The molecule has 0 bridgehead atoms. The van der Waals surface area contributed by atoms with E-state index in [1.807, 2.05) is 0 Å². The largest absolute Gasteiger partial charge is 0.375 e. The van der Waals surface area contributed by atoms with Gasteiger partial charge in [-0.25, -0.2) is 4.39 Å². The molecule has 0 aromatic rings. The molecule has 0 aliphatic carbocycles. The first kappa shape index (κ1) is 20.3. The van der Waals surface area contributed by atoms with E-state index in [1.165, 1.54) is 6.92 Å². The minimum Gasteiger partial charge on any atom is -0.238 e. The van der Waals surface area contributed by atoms with Crippen LogP contribution in [0, 0.1) is 0 Å². The van der Waals surface area contributed by atoms with Crippen LogP contribution in [0.4, 0.5) is 30.7 Å². The van der Waals surface area contributed by atoms with Crippen LogP contribution < -0.4 is 0 Å². The van der Waals surface area contributed by atoms with Gasteiger partial charge >= 0.3 is 17.8 Å². The zero-order valence-corrected chi connectivity index (χ0v) is 11.0. The fraction of sp³-hybridized carbons (Fsp3) is 1.00. The summed E-state index contributed by atoms with van der Waals surface area (Å²) >= 11 is 0. The molecular formula is C10H15CuF7. The van der Waals surface area contributed by atoms with E-state index in [0.717, 1.165) is 0 Å². The second-order valence-corrected chi connectivity index (χ2v) is 4.43. The molecule has 18 heavy (non-hydrogen) atoms. The van der Waals surface area contributed by atoms with E-state index in [-0.39, 0.29) is 43.8 Å². The molecule has 8 heteroatoms. The molecule has 0 nitrogen and oxygen atoms in total. The van der Waals surface area contributed by atoms with Crippen molar-refractivity contribution >= 4 is 0 Å². The van der Waals surface area contributed by atoms with Crippen LogP contribution in [0.1, 0.15) is 40.0 Å². The van der Waals surface area contributed by atoms with Gasteiger partial charge in [0.15, 0.2) is 5.67 Å². The minimum absolute atomic E-state index is 0. The van der Waals surface area contributed by atoms with E-state index in [9.17, 15) is 30.7 Å². The molecular weight excluding hydrogens is 317 g/mol. The normalized spacial score (nSPS) is 14.3. The van der Waals surface area contributed by atoms with Crippen LogP contribution in [0.2, 0.25) is 0 Å². The van der Waals surface area contributed by atoms with Gasteiger partial charge < -0.3 is 0 Å². The van der Waals surface area contributed by atoms with Crippen LogP contribution in [0.25, 0.3) is 0 Å². The third-order valence-corrected chi connectivity index (χ3v) is 2.44. The smallest absolute Gasteiger partial charge is 0.238 e. The fourth-order valence-electron chi connectivity index (χ4n) is 1.16. The second-order valence-electron chi connectivity index (χ2n) is 4.43. The molecule has 0 saturated heterocycles. The quantitative estimate of drug-likeness (QED) is 0.483. The number of hydrogen-bond acceptors (Lipinski definition) is 0. The topological polar surface area (TPSA) is 0 Å². The van der Waals surface area contributed by atoms with Gasteiger partial charge in [-0.3, -0.25) is 0 Å². The monoisotopic (exact) mass is 331 g/mol. The van der Waals surface area contributed by atoms with Crippen molar-refractivity contribution in [2.24, 2.45) is 0 Å². The Balaban J connectivity index is 0. The Labute approximate surface area is 112 Å². The van der Waals surface area contributed by atoms with Crippen molar-refractivity contribution in [3.8, 4) is 0 Å². The Hall–Kier alpha value is 0.0295. The van der Waals surface area contributed by atoms with Gasteiger partial charge in [0.2, 0.25) is 0 Å². The van der Waals surface area contributed by atoms with Gasteiger partial charge in [0.25, 0.3) is 0 Å². The van der Waals surface area contributed by atoms with Crippen molar-refractivity contribution in [2.75, 3.05) is 0 Å². The maximum absolute atomic E-state index is 13.1. The van der Waals surface area contributed by atoms with E-state index in [0.29, 0.717) is 0 Å². The van der Waals surface area contributed by atoms with Crippen LogP contribution in [-0.2, 0) is 17.1 Å². The average molecular weight is 332 g/mol. The molecule has 0 spiro atoms. The number of unbranched alkanes of at least 4 members (excludes halogenated alkanes) is 1. The van der Waals surface area contributed by atoms with Crippen LogP contribution in [0.5, 0.6) is 0 Å². The standard InChI is InChI=1S/C10H15F7.Cu/c1-4-5-6-8(12,13)10(16,17)9(14,15)7(2,3)11;/h4-6H2,1-3H3;. The molecule has 0 aromatic carbocycles. The average Bonchev–Trinajstić information content (AvgIpc) is 2.12. The third-order valence-electron chi connectivity index (χ3n) is 2.44. The molecule has 0 aliphatic rings. The predicted octanol–water partition coefficient (Wildman–Crippen LogP) is 4.83. The molecule has 0 amide bonds. The van der Waals surface area contributed by atoms with Crippen molar-refractivity contribution in [3.63, 3.8) is 0 Å². The first-order valence-electron chi connectivity index (χ1n) is 5.13. The van der Waals surface area contributed by atoms with E-state index in [1.54, 1.807) is 0 Å². The summed E-state index contributed by atoms with van der Waals surface area (Å²) in [6.45, 7) is 1.75. The van der Waals surface area contributed by atoms with Crippen LogP contribution >= 0.6 is 0 Å². The van der Waals surface area contributed by atoms with E-state index >= 15 is 0 Å². The molecule has 1 radical (unpaired) electrons. The molecule has 0 heterocycles. The Kier molecular flexibility index (Phi) is 6.77. The molecule has 0 fully saturated rings. The predicted molar refractivity (Wildman–Crippen MR) is 49.6 cm³/mol. The maximum Gasteiger partial charge on any atom is 0.375 e. The first-order chi connectivity index (χ1) is 7.31. The number of rotatable bonds is 6. The van der Waals surface area contributed by atoms with Gasteiger partial charge in [-0.1, -0.05) is 13.3 Å². The summed E-state index contributed by atoms with van der Waals surface area (Å²) < 4.78 is 91.2. The van der Waals surface area contributed by atoms with Crippen LogP contribution in [0.3, 0.4) is 0 Å². The minimum atomic E-state index is -5.71. The zero-order valence-electron chi connectivity index (χ0n) is 10.1. The molecule has 0 saturated carbocycles. The van der Waals surface area contributed by atoms with E-state index in [4.69, 9.17) is 0 Å². The zero-order chi connectivity index (χ0) is 14.1. The first-order valence-corrected chi connectivity index (χ1v) is 5.13. The maximum atomic E-state index is 13.1. The van der Waals surface area contributed by atoms with Crippen LogP contribution in [-0.4, -0.2) is 23.4 Å². The molecule has 115 valence electrons. The van der Waals surface area contributed by atoms with E-state index in [2.05, 4.69) is 0 Å². The summed E-state index contributed by atoms with van der Waals surface area (Å²) in [5, 5.41) is 0. The second kappa shape index (κ2) is 5.99. The molecule has 0 aromatic heterocycles. The van der Waals surface area contributed by atoms with Gasteiger partial charge in [-0.15, -0.1) is 0 Å². The Morgan fingerprint density at radius 2 is 1.17 bits per heavy atom. The number of alkyl halides is 7. The molecule has 0 aliphatic heterocycles. The summed E-state index contributed by atoms with van der Waals surface area (Å²) in [7, 11) is 0. The van der Waals surface area contributed by atoms with Gasteiger partial charge in [-0.2, -0.15) is 26.3 Å². The third kappa shape index (κ3) is 3.53. The number of halogens is 7.